The summed E-state index contributed by atoms with van der Waals surface area (Å²) in [7, 11) is 0. The van der Waals surface area contributed by atoms with E-state index in [-0.39, 0.29) is 25.4 Å². The fourth-order valence-electron chi connectivity index (χ4n) is 1.78. The highest BCUT2D eigenvalue weighted by atomic mass is 16.2. The molecule has 6 nitrogen and oxygen atoms in total. The van der Waals surface area contributed by atoms with Crippen LogP contribution in [-0.2, 0) is 9.59 Å². The number of nitrogens with zero attached hydrogens (tertiary/aromatic N) is 1. The number of Topliss-reactive ketones (excluding diaryl/α,β-unsaturated/α-hetero) is 1. The summed E-state index contributed by atoms with van der Waals surface area (Å²) in [6, 6.07) is 7.10. The molecular formula is C13H17N3O3. The molecule has 0 spiro atoms. The summed E-state index contributed by atoms with van der Waals surface area (Å²) in [6.07, 6.45) is 0. The summed E-state index contributed by atoms with van der Waals surface area (Å²) < 4.78 is 0. The highest BCUT2D eigenvalue weighted by Crippen LogP contribution is 2.08. The fourth-order valence-corrected chi connectivity index (χ4v) is 1.78. The SMILES string of the molecule is Cc1ccccc1C(=O)CN(CC(N)=O)CC(N)=O. The molecular weight excluding hydrogens is 246 g/mol. The molecule has 2 amide bonds. The van der Waals surface area contributed by atoms with E-state index in [1.54, 1.807) is 12.1 Å². The van der Waals surface area contributed by atoms with Gasteiger partial charge in [-0.25, -0.2) is 0 Å². The zero-order valence-corrected chi connectivity index (χ0v) is 10.8. The standard InChI is InChI=1S/C13H17N3O3/c1-9-4-2-3-5-10(9)11(17)6-16(7-12(14)18)8-13(15)19/h2-5H,6-8H2,1H3,(H2,14,18)(H2,15,19). The van der Waals surface area contributed by atoms with Crippen LogP contribution in [-0.4, -0.2) is 42.1 Å². The molecule has 0 aliphatic rings. The van der Waals surface area contributed by atoms with Gasteiger partial charge in [0.05, 0.1) is 19.6 Å². The minimum atomic E-state index is -0.612. The van der Waals surface area contributed by atoms with Crippen LogP contribution in [0.15, 0.2) is 24.3 Å². The first kappa shape index (κ1) is 14.8. The lowest BCUT2D eigenvalue weighted by Gasteiger charge is -2.18. The van der Waals surface area contributed by atoms with E-state index >= 15 is 0 Å². The molecule has 4 N–H and O–H groups in total. The molecule has 0 aromatic heterocycles. The molecule has 0 heterocycles. The minimum Gasteiger partial charge on any atom is -0.369 e. The predicted molar refractivity (Wildman–Crippen MR) is 70.3 cm³/mol. The molecule has 0 saturated carbocycles. The Morgan fingerprint density at radius 3 is 2.00 bits per heavy atom. The van der Waals surface area contributed by atoms with Gasteiger partial charge in [0.25, 0.3) is 0 Å². The van der Waals surface area contributed by atoms with Gasteiger partial charge in [-0.05, 0) is 12.5 Å². The molecule has 0 bridgehead atoms. The number of hydrogen-bond acceptors (Lipinski definition) is 4. The van der Waals surface area contributed by atoms with Crippen molar-refractivity contribution in [2.75, 3.05) is 19.6 Å². The van der Waals surface area contributed by atoms with Crippen molar-refractivity contribution in [1.29, 1.82) is 0 Å². The number of primary amides is 2. The Morgan fingerprint density at radius 2 is 1.53 bits per heavy atom. The van der Waals surface area contributed by atoms with Gasteiger partial charge in [-0.3, -0.25) is 19.3 Å². The van der Waals surface area contributed by atoms with Gasteiger partial charge in [-0.15, -0.1) is 0 Å². The first-order chi connectivity index (χ1) is 8.90. The number of carbonyl (C=O) groups is 3. The van der Waals surface area contributed by atoms with Crippen LogP contribution in [0.25, 0.3) is 0 Å². The maximum atomic E-state index is 12.1. The third kappa shape index (κ3) is 4.89. The third-order valence-electron chi connectivity index (χ3n) is 2.57. The largest absolute Gasteiger partial charge is 0.369 e. The first-order valence-electron chi connectivity index (χ1n) is 5.78. The van der Waals surface area contributed by atoms with Crippen LogP contribution < -0.4 is 11.5 Å². The lowest BCUT2D eigenvalue weighted by atomic mass is 10.0. The van der Waals surface area contributed by atoms with Crippen LogP contribution in [0.3, 0.4) is 0 Å². The van der Waals surface area contributed by atoms with Crippen molar-refractivity contribution in [3.8, 4) is 0 Å². The van der Waals surface area contributed by atoms with E-state index in [1.165, 1.54) is 4.90 Å². The van der Waals surface area contributed by atoms with E-state index in [0.29, 0.717) is 5.56 Å². The highest BCUT2D eigenvalue weighted by molar-refractivity contribution is 5.99. The molecule has 19 heavy (non-hydrogen) atoms. The van der Waals surface area contributed by atoms with Crippen LogP contribution in [0.5, 0.6) is 0 Å². The number of ketones is 1. The number of aryl methyl sites for hydroxylation is 1. The summed E-state index contributed by atoms with van der Waals surface area (Å²) in [4.78, 5) is 35.2. The normalized spacial score (nSPS) is 10.4. The Morgan fingerprint density at radius 1 is 1.00 bits per heavy atom. The van der Waals surface area contributed by atoms with Gasteiger partial charge >= 0.3 is 0 Å². The molecule has 1 aromatic rings. The van der Waals surface area contributed by atoms with E-state index in [9.17, 15) is 14.4 Å². The molecule has 1 aromatic carbocycles. The average molecular weight is 263 g/mol. The molecule has 1 rings (SSSR count). The summed E-state index contributed by atoms with van der Waals surface area (Å²) in [5, 5.41) is 0. The van der Waals surface area contributed by atoms with Crippen LogP contribution in [0, 0.1) is 6.92 Å². The van der Waals surface area contributed by atoms with E-state index in [1.807, 2.05) is 19.1 Å². The second-order valence-corrected chi connectivity index (χ2v) is 4.32. The Kier molecular flexibility index (Phi) is 5.20. The van der Waals surface area contributed by atoms with Crippen molar-refractivity contribution < 1.29 is 14.4 Å². The van der Waals surface area contributed by atoms with E-state index in [2.05, 4.69) is 0 Å². The zero-order chi connectivity index (χ0) is 14.4. The Balaban J connectivity index is 2.78. The maximum Gasteiger partial charge on any atom is 0.231 e. The maximum absolute atomic E-state index is 12.1. The van der Waals surface area contributed by atoms with Crippen molar-refractivity contribution in [3.63, 3.8) is 0 Å². The van der Waals surface area contributed by atoms with Crippen LogP contribution >= 0.6 is 0 Å². The molecule has 0 radical (unpaired) electrons. The highest BCUT2D eigenvalue weighted by Gasteiger charge is 2.17. The number of carbonyl (C=O) groups excluding carboxylic acids is 3. The van der Waals surface area contributed by atoms with Crippen molar-refractivity contribution in [1.82, 2.24) is 4.90 Å². The Bertz CT molecular complexity index is 484. The van der Waals surface area contributed by atoms with Crippen LogP contribution in [0.1, 0.15) is 15.9 Å². The topological polar surface area (TPSA) is 106 Å². The van der Waals surface area contributed by atoms with Gasteiger partial charge in [0.15, 0.2) is 5.78 Å². The minimum absolute atomic E-state index is 0.0727. The Labute approximate surface area is 111 Å². The third-order valence-corrected chi connectivity index (χ3v) is 2.57. The number of amides is 2. The average Bonchev–Trinajstić information content (AvgIpc) is 2.27. The van der Waals surface area contributed by atoms with Crippen molar-refractivity contribution in [3.05, 3.63) is 35.4 Å². The molecule has 0 aliphatic carbocycles. The molecule has 0 saturated heterocycles. The second kappa shape index (κ2) is 6.65. The summed E-state index contributed by atoms with van der Waals surface area (Å²) in [6.45, 7) is 1.39. The van der Waals surface area contributed by atoms with E-state index in [4.69, 9.17) is 11.5 Å². The lowest BCUT2D eigenvalue weighted by Crippen LogP contribution is -2.42. The van der Waals surface area contributed by atoms with Gasteiger partial charge in [0, 0.05) is 5.56 Å². The Hall–Kier alpha value is -2.21. The summed E-state index contributed by atoms with van der Waals surface area (Å²) >= 11 is 0. The van der Waals surface area contributed by atoms with Crippen LogP contribution in [0.4, 0.5) is 0 Å². The van der Waals surface area contributed by atoms with E-state index < -0.39 is 11.8 Å². The van der Waals surface area contributed by atoms with Gasteiger partial charge in [0.1, 0.15) is 0 Å². The number of hydrogen-bond donors (Lipinski definition) is 2. The van der Waals surface area contributed by atoms with Gasteiger partial charge in [0.2, 0.25) is 11.8 Å². The summed E-state index contributed by atoms with van der Waals surface area (Å²) in [5.74, 6) is -1.40. The zero-order valence-electron chi connectivity index (χ0n) is 10.8. The molecule has 0 atom stereocenters. The smallest absolute Gasteiger partial charge is 0.231 e. The number of nitrogens with two attached hydrogens (primary N) is 2. The molecule has 0 aliphatic heterocycles. The quantitative estimate of drug-likeness (QED) is 0.644. The molecule has 0 fully saturated rings. The lowest BCUT2D eigenvalue weighted by molar-refractivity contribution is -0.121. The number of rotatable bonds is 7. The molecule has 102 valence electrons. The fraction of sp³-hybridized carbons (Fsp3) is 0.308. The van der Waals surface area contributed by atoms with Gasteiger partial charge in [-0.2, -0.15) is 0 Å². The molecule has 0 unspecified atom stereocenters. The predicted octanol–water partition coefficient (Wildman–Crippen LogP) is -0.550. The summed E-state index contributed by atoms with van der Waals surface area (Å²) in [5.41, 5.74) is 11.5. The second-order valence-electron chi connectivity index (χ2n) is 4.32. The van der Waals surface area contributed by atoms with Crippen molar-refractivity contribution >= 4 is 17.6 Å². The molecule has 6 heteroatoms. The monoisotopic (exact) mass is 263 g/mol. The van der Waals surface area contributed by atoms with Gasteiger partial charge in [-0.1, -0.05) is 24.3 Å². The van der Waals surface area contributed by atoms with Crippen molar-refractivity contribution in [2.24, 2.45) is 11.5 Å². The van der Waals surface area contributed by atoms with E-state index in [0.717, 1.165) is 5.56 Å². The van der Waals surface area contributed by atoms with Gasteiger partial charge < -0.3 is 11.5 Å². The van der Waals surface area contributed by atoms with Crippen molar-refractivity contribution in [2.45, 2.75) is 6.92 Å². The number of benzene rings is 1. The van der Waals surface area contributed by atoms with Crippen LogP contribution in [0.2, 0.25) is 0 Å². The first-order valence-corrected chi connectivity index (χ1v) is 5.78.